The first kappa shape index (κ1) is 55.0. The number of anilines is 3. The SMILES string of the molecule is CC(C)(C)c1ccc2c(c1)C(C)(C)c1cc(-c3cc(N(c4ccc5c(c4)C(C)(C)c4ccccc4-5)c4ccc5c(c4)C(C)(C)c4cc(C(C)(C)C)ccc4-5)cc(-c4ccc5c(c4)C(C)(C)c4cc(C(C)(C)C)ccc4-5)c3C(C)(C)C)ccc1-2. The van der Waals surface area contributed by atoms with Gasteiger partial charge in [0.2, 0.25) is 0 Å². The van der Waals surface area contributed by atoms with Crippen molar-refractivity contribution in [1.29, 1.82) is 0 Å². The van der Waals surface area contributed by atoms with E-state index < -0.39 is 0 Å². The normalized spacial score (nSPS) is 16.3. The molecule has 420 valence electrons. The first-order chi connectivity index (χ1) is 38.7. The van der Waals surface area contributed by atoms with E-state index in [0.717, 1.165) is 17.1 Å². The first-order valence-corrected chi connectivity index (χ1v) is 30.8. The fourth-order valence-corrected chi connectivity index (χ4v) is 15.4. The fourth-order valence-electron chi connectivity index (χ4n) is 15.4. The fraction of sp³-hybridized carbons (Fsp3) is 0.341. The summed E-state index contributed by atoms with van der Waals surface area (Å²) in [5.74, 6) is 0. The van der Waals surface area contributed by atoms with Crippen LogP contribution >= 0.6 is 0 Å². The predicted octanol–water partition coefficient (Wildman–Crippen LogP) is 22.9. The summed E-state index contributed by atoms with van der Waals surface area (Å²) < 4.78 is 0. The largest absolute Gasteiger partial charge is 0.310 e. The smallest absolute Gasteiger partial charge is 0.0474 e. The van der Waals surface area contributed by atoms with E-state index in [1.807, 2.05) is 0 Å². The van der Waals surface area contributed by atoms with E-state index in [1.165, 1.54) is 134 Å². The van der Waals surface area contributed by atoms with Crippen LogP contribution in [0.3, 0.4) is 0 Å². The van der Waals surface area contributed by atoms with Gasteiger partial charge in [-0.05, 0) is 204 Å². The van der Waals surface area contributed by atoms with Gasteiger partial charge in [0.05, 0.1) is 0 Å². The van der Waals surface area contributed by atoms with Gasteiger partial charge in [0, 0.05) is 38.7 Å². The summed E-state index contributed by atoms with van der Waals surface area (Å²) in [5, 5.41) is 0. The molecule has 0 aromatic heterocycles. The third-order valence-corrected chi connectivity index (χ3v) is 20.4. The second-order valence-corrected chi connectivity index (χ2v) is 31.6. The highest BCUT2D eigenvalue weighted by atomic mass is 15.1. The highest BCUT2D eigenvalue weighted by Gasteiger charge is 2.42. The molecular weight excluding hydrogens is 999 g/mol. The monoisotopic (exact) mass is 1090 g/mol. The van der Waals surface area contributed by atoms with Crippen molar-refractivity contribution >= 4 is 17.1 Å². The molecule has 0 spiro atoms. The van der Waals surface area contributed by atoms with Gasteiger partial charge in [-0.1, -0.05) is 254 Å². The Morgan fingerprint density at radius 2 is 0.530 bits per heavy atom. The average molecular weight is 1090 g/mol. The summed E-state index contributed by atoms with van der Waals surface area (Å²) in [6.07, 6.45) is 0. The van der Waals surface area contributed by atoms with Crippen molar-refractivity contribution in [3.8, 4) is 66.8 Å². The molecule has 0 bridgehead atoms. The van der Waals surface area contributed by atoms with Crippen LogP contribution in [0.2, 0.25) is 0 Å². The molecule has 9 aromatic rings. The second kappa shape index (κ2) is 17.7. The van der Waals surface area contributed by atoms with E-state index >= 15 is 0 Å². The van der Waals surface area contributed by atoms with Crippen molar-refractivity contribution < 1.29 is 0 Å². The lowest BCUT2D eigenvalue weighted by Crippen LogP contribution is -2.20. The van der Waals surface area contributed by atoms with E-state index in [9.17, 15) is 0 Å². The summed E-state index contributed by atoms with van der Waals surface area (Å²) >= 11 is 0. The molecule has 0 saturated heterocycles. The van der Waals surface area contributed by atoms with E-state index in [-0.39, 0.29) is 43.3 Å². The number of fused-ring (bicyclic) bond motifs is 12. The Kier molecular flexibility index (Phi) is 11.7. The van der Waals surface area contributed by atoms with E-state index in [1.54, 1.807) is 0 Å². The zero-order valence-corrected chi connectivity index (χ0v) is 53.5. The van der Waals surface area contributed by atoms with Crippen LogP contribution in [0.15, 0.2) is 164 Å². The topological polar surface area (TPSA) is 3.24 Å². The maximum atomic E-state index is 2.61. The van der Waals surface area contributed by atoms with Gasteiger partial charge in [-0.3, -0.25) is 0 Å². The van der Waals surface area contributed by atoms with Crippen LogP contribution in [0.4, 0.5) is 17.1 Å². The summed E-state index contributed by atoms with van der Waals surface area (Å²) in [7, 11) is 0. The first-order valence-electron chi connectivity index (χ1n) is 30.8. The van der Waals surface area contributed by atoms with Crippen molar-refractivity contribution in [3.63, 3.8) is 0 Å². The number of rotatable bonds is 5. The molecule has 0 heterocycles. The third-order valence-electron chi connectivity index (χ3n) is 20.4. The predicted molar refractivity (Wildman–Crippen MR) is 357 cm³/mol. The molecule has 9 aromatic carbocycles. The standard InChI is InChI=1S/C82H87N/c1-75(2,3)50-27-34-59-57-32-25-48(39-67(57)80(15,16)69(59)41-50)64-44-55(45-65(74(64)78(10,11)12)49-26-33-58-60-35-28-51(76(4,5)6)42-70(60)81(17,18)68(58)40-49)83(53-30-37-62-56-23-21-22-24-66(56)79(13,14)72(62)46-53)54-31-38-63-61-36-29-52(77(7,8)9)43-71(61)82(19,20)73(63)47-54/h21-47H,1-20H3. The minimum atomic E-state index is -0.245. The van der Waals surface area contributed by atoms with Gasteiger partial charge < -0.3 is 4.90 Å². The Morgan fingerprint density at radius 3 is 0.880 bits per heavy atom. The van der Waals surface area contributed by atoms with E-state index in [4.69, 9.17) is 0 Å². The molecule has 0 saturated carbocycles. The maximum Gasteiger partial charge on any atom is 0.0474 e. The summed E-state index contributed by atoms with van der Waals surface area (Å²) in [4.78, 5) is 2.61. The molecule has 0 unspecified atom stereocenters. The highest BCUT2D eigenvalue weighted by Crippen LogP contribution is 2.58. The summed E-state index contributed by atoms with van der Waals surface area (Å²) in [6.45, 7) is 47.8. The van der Waals surface area contributed by atoms with Crippen molar-refractivity contribution in [2.75, 3.05) is 4.90 Å². The Morgan fingerprint density at radius 1 is 0.241 bits per heavy atom. The third kappa shape index (κ3) is 8.28. The van der Waals surface area contributed by atoms with Crippen molar-refractivity contribution in [1.82, 2.24) is 0 Å². The minimum absolute atomic E-state index is 0.0419. The maximum absolute atomic E-state index is 2.61. The lowest BCUT2D eigenvalue weighted by molar-refractivity contribution is 0.584. The molecule has 0 aliphatic heterocycles. The van der Waals surface area contributed by atoms with Gasteiger partial charge in [-0.15, -0.1) is 0 Å². The zero-order chi connectivity index (χ0) is 59.3. The van der Waals surface area contributed by atoms with Crippen molar-refractivity contribution in [2.24, 2.45) is 0 Å². The Balaban J connectivity index is 1.08. The Bertz CT molecular complexity index is 4080. The van der Waals surface area contributed by atoms with Crippen LogP contribution < -0.4 is 4.90 Å². The highest BCUT2D eigenvalue weighted by molar-refractivity contribution is 5.95. The lowest BCUT2D eigenvalue weighted by Gasteiger charge is -2.33. The molecule has 0 fully saturated rings. The molecule has 0 N–H and O–H groups in total. The van der Waals surface area contributed by atoms with Crippen LogP contribution in [0.25, 0.3) is 66.8 Å². The van der Waals surface area contributed by atoms with Gasteiger partial charge in [0.1, 0.15) is 0 Å². The second-order valence-electron chi connectivity index (χ2n) is 31.6. The molecule has 0 radical (unpaired) electrons. The van der Waals surface area contributed by atoms with Crippen molar-refractivity contribution in [2.45, 2.75) is 182 Å². The van der Waals surface area contributed by atoms with Crippen LogP contribution in [0, 0.1) is 0 Å². The summed E-state index contributed by atoms with van der Waals surface area (Å²) in [6, 6.07) is 65.6. The number of hydrogen-bond donors (Lipinski definition) is 0. The molecular formula is C82H87N. The van der Waals surface area contributed by atoms with E-state index in [0.29, 0.717) is 0 Å². The molecule has 0 atom stereocenters. The van der Waals surface area contributed by atoms with Crippen LogP contribution in [0.5, 0.6) is 0 Å². The quantitative estimate of drug-likeness (QED) is 0.166. The van der Waals surface area contributed by atoms with Crippen LogP contribution in [-0.4, -0.2) is 0 Å². The summed E-state index contributed by atoms with van der Waals surface area (Å²) in [5.41, 5.74) is 35.0. The zero-order valence-electron chi connectivity index (χ0n) is 53.5. The van der Waals surface area contributed by atoms with Gasteiger partial charge in [-0.2, -0.15) is 0 Å². The van der Waals surface area contributed by atoms with Crippen LogP contribution in [-0.2, 0) is 43.3 Å². The van der Waals surface area contributed by atoms with Gasteiger partial charge in [0.15, 0.2) is 0 Å². The van der Waals surface area contributed by atoms with Gasteiger partial charge >= 0.3 is 0 Å². The van der Waals surface area contributed by atoms with E-state index in [2.05, 4.69) is 307 Å². The molecule has 13 rings (SSSR count). The number of hydrogen-bond acceptors (Lipinski definition) is 1. The lowest BCUT2D eigenvalue weighted by atomic mass is 9.74. The molecule has 4 aliphatic carbocycles. The Labute approximate surface area is 498 Å². The molecule has 1 nitrogen and oxygen atoms in total. The molecule has 4 aliphatic rings. The van der Waals surface area contributed by atoms with Crippen molar-refractivity contribution in [3.05, 3.63) is 231 Å². The Hall–Kier alpha value is -7.22. The number of benzene rings is 9. The van der Waals surface area contributed by atoms with Gasteiger partial charge in [-0.25, -0.2) is 0 Å². The molecule has 1 heteroatoms. The minimum Gasteiger partial charge on any atom is -0.310 e. The molecule has 0 amide bonds. The molecule has 83 heavy (non-hydrogen) atoms. The number of nitrogens with zero attached hydrogens (tertiary/aromatic N) is 1. The van der Waals surface area contributed by atoms with Crippen LogP contribution in [0.1, 0.15) is 205 Å². The average Bonchev–Trinajstić information content (AvgIpc) is 1.87. The van der Waals surface area contributed by atoms with Gasteiger partial charge in [0.25, 0.3) is 0 Å².